The van der Waals surface area contributed by atoms with E-state index in [2.05, 4.69) is 0 Å². The molecule has 0 aliphatic carbocycles. The van der Waals surface area contributed by atoms with Crippen molar-refractivity contribution in [2.24, 2.45) is 0 Å². The van der Waals surface area contributed by atoms with Crippen molar-refractivity contribution in [3.63, 3.8) is 0 Å². The van der Waals surface area contributed by atoms with Crippen LogP contribution in [0.4, 0.5) is 4.79 Å². The van der Waals surface area contributed by atoms with Gasteiger partial charge in [0.15, 0.2) is 0 Å². The van der Waals surface area contributed by atoms with E-state index in [1.807, 2.05) is 20.8 Å². The molecule has 1 amide bonds. The van der Waals surface area contributed by atoms with E-state index in [0.717, 1.165) is 12.8 Å². The molecule has 0 rings (SSSR count). The van der Waals surface area contributed by atoms with E-state index in [4.69, 9.17) is 10.5 Å². The summed E-state index contributed by atoms with van der Waals surface area (Å²) in [6.07, 6.45) is 0.816. The predicted molar refractivity (Wildman–Crippen MR) is 38.6 cm³/mol. The van der Waals surface area contributed by atoms with Crippen molar-refractivity contribution in [2.75, 3.05) is 0 Å². The molecule has 0 unspecified atom stereocenters. The van der Waals surface area contributed by atoms with Gasteiger partial charge in [0.1, 0.15) is 5.60 Å². The molecule has 0 spiro atoms. The fraction of sp³-hybridized carbons (Fsp3) is 0.857. The zero-order chi connectivity index (χ0) is 8.20. The van der Waals surface area contributed by atoms with Gasteiger partial charge in [0.2, 0.25) is 0 Å². The molecule has 0 bridgehead atoms. The van der Waals surface area contributed by atoms with Gasteiger partial charge in [-0.2, -0.15) is 0 Å². The Morgan fingerprint density at radius 3 is 2.40 bits per heavy atom. The van der Waals surface area contributed by atoms with Crippen molar-refractivity contribution in [2.45, 2.75) is 39.2 Å². The Hall–Kier alpha value is -0.730. The lowest BCUT2D eigenvalue weighted by molar-refractivity contribution is 0.0375. The first kappa shape index (κ1) is 9.27. The Morgan fingerprint density at radius 1 is 1.60 bits per heavy atom. The lowest BCUT2D eigenvalue weighted by Gasteiger charge is -2.22. The number of hydrogen-bond donors (Lipinski definition) is 0. The first-order valence-corrected chi connectivity index (χ1v) is 3.42. The van der Waals surface area contributed by atoms with Crippen LogP contribution in [-0.2, 0) is 4.74 Å². The molecule has 0 heterocycles. The van der Waals surface area contributed by atoms with Crippen molar-refractivity contribution in [1.82, 2.24) is 5.73 Å². The van der Waals surface area contributed by atoms with Crippen molar-refractivity contribution in [3.8, 4) is 0 Å². The number of rotatable bonds is 3. The molecule has 3 heteroatoms. The molecule has 0 fully saturated rings. The molecular weight excluding hydrogens is 130 g/mol. The molecule has 10 heavy (non-hydrogen) atoms. The first-order chi connectivity index (χ1) is 4.48. The molecule has 0 aromatic heterocycles. The van der Waals surface area contributed by atoms with Gasteiger partial charge in [-0.3, -0.25) is 0 Å². The maximum Gasteiger partial charge on any atom is 0.426 e. The molecule has 0 aromatic rings. The van der Waals surface area contributed by atoms with E-state index < -0.39 is 11.7 Å². The van der Waals surface area contributed by atoms with E-state index in [-0.39, 0.29) is 0 Å². The van der Waals surface area contributed by atoms with Gasteiger partial charge in [-0.25, -0.2) is 10.5 Å². The SMILES string of the molecule is CCCC(C)(C)OC([NH])=O. The second kappa shape index (κ2) is 3.44. The molecule has 1 radical (unpaired) electrons. The maximum atomic E-state index is 10.2. The van der Waals surface area contributed by atoms with E-state index in [1.165, 1.54) is 0 Å². The molecule has 0 atom stereocenters. The second-order valence-electron chi connectivity index (χ2n) is 2.90. The minimum absolute atomic E-state index is 0.465. The summed E-state index contributed by atoms with van der Waals surface area (Å²) in [6.45, 7) is 5.63. The van der Waals surface area contributed by atoms with Crippen LogP contribution in [0.15, 0.2) is 0 Å². The van der Waals surface area contributed by atoms with E-state index >= 15 is 0 Å². The van der Waals surface area contributed by atoms with Crippen molar-refractivity contribution >= 4 is 6.09 Å². The normalized spacial score (nSPS) is 11.1. The second-order valence-corrected chi connectivity index (χ2v) is 2.90. The standard InChI is InChI=1S/C7H14NO2/c1-4-5-7(2,3)10-6(8)9/h8H,4-5H2,1-3H3. The van der Waals surface area contributed by atoms with Crippen molar-refractivity contribution < 1.29 is 9.53 Å². The van der Waals surface area contributed by atoms with Gasteiger partial charge in [0, 0.05) is 0 Å². The highest BCUT2D eigenvalue weighted by Crippen LogP contribution is 2.15. The van der Waals surface area contributed by atoms with Crippen LogP contribution in [0, 0.1) is 0 Å². The molecule has 0 aliphatic rings. The van der Waals surface area contributed by atoms with Crippen LogP contribution < -0.4 is 5.73 Å². The number of ether oxygens (including phenoxy) is 1. The van der Waals surface area contributed by atoms with Crippen molar-refractivity contribution in [3.05, 3.63) is 0 Å². The van der Waals surface area contributed by atoms with Crippen LogP contribution in [0.2, 0.25) is 0 Å². The summed E-state index contributed by atoms with van der Waals surface area (Å²) in [5, 5.41) is 0. The van der Waals surface area contributed by atoms with E-state index in [0.29, 0.717) is 0 Å². The molecule has 0 saturated heterocycles. The van der Waals surface area contributed by atoms with Gasteiger partial charge in [-0.15, -0.1) is 0 Å². The van der Waals surface area contributed by atoms with Crippen LogP contribution >= 0.6 is 0 Å². The summed E-state index contributed by atoms with van der Waals surface area (Å²) in [7, 11) is 0. The molecule has 0 saturated carbocycles. The number of carbonyl (C=O) groups is 1. The largest absolute Gasteiger partial charge is 0.442 e. The summed E-state index contributed by atoms with van der Waals surface area (Å²) in [4.78, 5) is 10.2. The highest BCUT2D eigenvalue weighted by atomic mass is 16.6. The molecule has 0 aromatic carbocycles. The Balaban J connectivity index is 3.74. The summed E-state index contributed by atoms with van der Waals surface area (Å²) in [5.74, 6) is 0. The van der Waals surface area contributed by atoms with Crippen LogP contribution in [0.1, 0.15) is 33.6 Å². The average Bonchev–Trinajstić information content (AvgIpc) is 1.59. The average molecular weight is 144 g/mol. The van der Waals surface area contributed by atoms with Gasteiger partial charge in [-0.05, 0) is 20.3 Å². The Kier molecular flexibility index (Phi) is 3.19. The Bertz CT molecular complexity index is 121. The number of carbonyl (C=O) groups excluding carboxylic acids is 1. The summed E-state index contributed by atoms with van der Waals surface area (Å²) < 4.78 is 4.71. The maximum absolute atomic E-state index is 10.2. The number of hydrogen-bond acceptors (Lipinski definition) is 2. The third kappa shape index (κ3) is 4.18. The van der Waals surface area contributed by atoms with E-state index in [1.54, 1.807) is 0 Å². The zero-order valence-electron chi connectivity index (χ0n) is 6.73. The minimum atomic E-state index is -0.946. The minimum Gasteiger partial charge on any atom is -0.442 e. The van der Waals surface area contributed by atoms with E-state index in [9.17, 15) is 4.79 Å². The lowest BCUT2D eigenvalue weighted by Crippen LogP contribution is -2.27. The number of nitrogens with one attached hydrogen (secondary N) is 1. The Labute approximate surface area is 61.5 Å². The molecule has 0 aliphatic heterocycles. The molecule has 1 N–H and O–H groups in total. The predicted octanol–water partition coefficient (Wildman–Crippen LogP) is 1.98. The monoisotopic (exact) mass is 144 g/mol. The van der Waals surface area contributed by atoms with Gasteiger partial charge in [-0.1, -0.05) is 13.3 Å². The third-order valence-electron chi connectivity index (χ3n) is 1.22. The summed E-state index contributed by atoms with van der Waals surface area (Å²) >= 11 is 0. The highest BCUT2D eigenvalue weighted by Gasteiger charge is 2.19. The fourth-order valence-corrected chi connectivity index (χ4v) is 0.904. The molecule has 3 nitrogen and oxygen atoms in total. The van der Waals surface area contributed by atoms with Crippen LogP contribution in [0.25, 0.3) is 0 Å². The van der Waals surface area contributed by atoms with Gasteiger partial charge in [0.25, 0.3) is 0 Å². The fourth-order valence-electron chi connectivity index (χ4n) is 0.904. The van der Waals surface area contributed by atoms with Gasteiger partial charge < -0.3 is 4.74 Å². The smallest absolute Gasteiger partial charge is 0.426 e. The summed E-state index contributed by atoms with van der Waals surface area (Å²) in [6, 6.07) is 0. The third-order valence-corrected chi connectivity index (χ3v) is 1.22. The first-order valence-electron chi connectivity index (χ1n) is 3.42. The molecular formula is C7H14NO2. The molecule has 59 valence electrons. The van der Waals surface area contributed by atoms with Crippen LogP contribution in [0.5, 0.6) is 0 Å². The number of amides is 1. The topological polar surface area (TPSA) is 50.1 Å². The quantitative estimate of drug-likeness (QED) is 0.608. The van der Waals surface area contributed by atoms with Crippen LogP contribution in [-0.4, -0.2) is 11.7 Å². The van der Waals surface area contributed by atoms with Gasteiger partial charge in [0.05, 0.1) is 0 Å². The highest BCUT2D eigenvalue weighted by molar-refractivity contribution is 5.64. The van der Waals surface area contributed by atoms with Crippen LogP contribution in [0.3, 0.4) is 0 Å². The Morgan fingerprint density at radius 2 is 2.10 bits per heavy atom. The zero-order valence-corrected chi connectivity index (χ0v) is 6.73. The van der Waals surface area contributed by atoms with Crippen molar-refractivity contribution in [1.29, 1.82) is 0 Å². The van der Waals surface area contributed by atoms with Gasteiger partial charge >= 0.3 is 6.09 Å². The lowest BCUT2D eigenvalue weighted by atomic mass is 10.0. The summed E-state index contributed by atoms with van der Waals surface area (Å²) in [5.41, 5.74) is 6.09.